The second-order valence-corrected chi connectivity index (χ2v) is 7.01. The lowest BCUT2D eigenvalue weighted by Crippen LogP contribution is -2.21. The fourth-order valence-corrected chi connectivity index (χ4v) is 2.95. The molecule has 0 heterocycles. The van der Waals surface area contributed by atoms with Crippen molar-refractivity contribution in [3.05, 3.63) is 93.0 Å². The van der Waals surface area contributed by atoms with Gasteiger partial charge in [0.2, 0.25) is 0 Å². The van der Waals surface area contributed by atoms with Gasteiger partial charge in [-0.25, -0.2) is 4.79 Å². The third-order valence-electron chi connectivity index (χ3n) is 4.35. The maximum atomic E-state index is 12.6. The van der Waals surface area contributed by atoms with Crippen LogP contribution in [0.15, 0.2) is 66.7 Å². The maximum absolute atomic E-state index is 12.6. The number of hydrogen-bond donors (Lipinski definition) is 3. The molecule has 32 heavy (non-hydrogen) atoms. The lowest BCUT2D eigenvalue weighted by molar-refractivity contribution is -0.384. The van der Waals surface area contributed by atoms with Crippen LogP contribution in [-0.2, 0) is 16.1 Å². The standard InChI is InChI=1S/C22H18ClN3O6/c23-19-4-2-1-3-14(19)12-24-20-10-7-16(26(30)31)11-18(20)22(29)32-13-21(28)25-15-5-8-17(27)9-6-15/h1-11,24,27H,12-13H2,(H,25,28). The van der Waals surface area contributed by atoms with E-state index in [1.165, 1.54) is 36.4 Å². The number of phenols is 1. The summed E-state index contributed by atoms with van der Waals surface area (Å²) in [7, 11) is 0. The summed E-state index contributed by atoms with van der Waals surface area (Å²) in [5.74, 6) is -1.48. The van der Waals surface area contributed by atoms with Crippen LogP contribution in [0.25, 0.3) is 0 Å². The smallest absolute Gasteiger partial charge is 0.341 e. The Morgan fingerprint density at radius 1 is 1.06 bits per heavy atom. The first kappa shape index (κ1) is 22.6. The van der Waals surface area contributed by atoms with Crippen molar-refractivity contribution in [1.82, 2.24) is 0 Å². The molecule has 164 valence electrons. The van der Waals surface area contributed by atoms with Crippen molar-refractivity contribution in [2.45, 2.75) is 6.54 Å². The third kappa shape index (κ3) is 5.96. The summed E-state index contributed by atoms with van der Waals surface area (Å²) in [4.78, 5) is 35.2. The number of nitro groups is 1. The van der Waals surface area contributed by atoms with Crippen molar-refractivity contribution >= 4 is 40.5 Å². The van der Waals surface area contributed by atoms with Gasteiger partial charge >= 0.3 is 5.97 Å². The molecule has 10 heteroatoms. The summed E-state index contributed by atoms with van der Waals surface area (Å²) in [5.41, 5.74) is 1.07. The molecular weight excluding hydrogens is 438 g/mol. The van der Waals surface area contributed by atoms with Gasteiger partial charge in [-0.1, -0.05) is 29.8 Å². The number of amides is 1. The zero-order chi connectivity index (χ0) is 23.1. The van der Waals surface area contributed by atoms with Crippen LogP contribution in [-0.4, -0.2) is 28.5 Å². The van der Waals surface area contributed by atoms with Crippen molar-refractivity contribution < 1.29 is 24.4 Å². The average molecular weight is 456 g/mol. The Hall–Kier alpha value is -4.11. The van der Waals surface area contributed by atoms with E-state index in [4.69, 9.17) is 16.3 Å². The number of halogens is 1. The van der Waals surface area contributed by atoms with Gasteiger partial charge in [0.05, 0.1) is 10.5 Å². The zero-order valence-corrected chi connectivity index (χ0v) is 17.3. The van der Waals surface area contributed by atoms with E-state index in [0.29, 0.717) is 16.4 Å². The third-order valence-corrected chi connectivity index (χ3v) is 4.72. The predicted molar refractivity (Wildman–Crippen MR) is 119 cm³/mol. The number of non-ortho nitro benzene ring substituents is 1. The largest absolute Gasteiger partial charge is 0.508 e. The number of hydrogen-bond acceptors (Lipinski definition) is 7. The first-order chi connectivity index (χ1) is 15.3. The van der Waals surface area contributed by atoms with Crippen molar-refractivity contribution in [3.63, 3.8) is 0 Å². The molecular formula is C22H18ClN3O6. The molecule has 0 aromatic heterocycles. The van der Waals surface area contributed by atoms with E-state index in [0.717, 1.165) is 11.6 Å². The van der Waals surface area contributed by atoms with Crippen LogP contribution in [0.1, 0.15) is 15.9 Å². The number of rotatable bonds is 8. The number of carbonyl (C=O) groups excluding carboxylic acids is 2. The van der Waals surface area contributed by atoms with Gasteiger partial charge in [0.15, 0.2) is 6.61 Å². The van der Waals surface area contributed by atoms with Crippen LogP contribution < -0.4 is 10.6 Å². The molecule has 0 bridgehead atoms. The summed E-state index contributed by atoms with van der Waals surface area (Å²) >= 11 is 6.14. The van der Waals surface area contributed by atoms with Crippen LogP contribution in [0.5, 0.6) is 5.75 Å². The molecule has 0 aliphatic heterocycles. The quantitative estimate of drug-likeness (QED) is 0.199. The Balaban J connectivity index is 1.70. The van der Waals surface area contributed by atoms with Gasteiger partial charge in [0.1, 0.15) is 5.75 Å². The summed E-state index contributed by atoms with van der Waals surface area (Å²) in [6, 6.07) is 16.6. The molecule has 0 radical (unpaired) electrons. The van der Waals surface area contributed by atoms with Crippen LogP contribution in [0.3, 0.4) is 0 Å². The van der Waals surface area contributed by atoms with Gasteiger partial charge in [0, 0.05) is 35.1 Å². The number of nitrogens with zero attached hydrogens (tertiary/aromatic N) is 1. The van der Waals surface area contributed by atoms with E-state index in [9.17, 15) is 24.8 Å². The molecule has 0 aliphatic carbocycles. The fourth-order valence-electron chi connectivity index (χ4n) is 2.75. The number of anilines is 2. The molecule has 0 aliphatic rings. The van der Waals surface area contributed by atoms with Gasteiger partial charge in [-0.15, -0.1) is 0 Å². The number of nitrogens with one attached hydrogen (secondary N) is 2. The van der Waals surface area contributed by atoms with Crippen LogP contribution in [0.2, 0.25) is 5.02 Å². The second kappa shape index (κ2) is 10.3. The van der Waals surface area contributed by atoms with Gasteiger partial charge in [-0.2, -0.15) is 0 Å². The molecule has 0 spiro atoms. The van der Waals surface area contributed by atoms with Gasteiger partial charge in [-0.3, -0.25) is 14.9 Å². The molecule has 3 rings (SSSR count). The summed E-state index contributed by atoms with van der Waals surface area (Å²) in [6.07, 6.45) is 0. The number of benzene rings is 3. The highest BCUT2D eigenvalue weighted by Crippen LogP contribution is 2.25. The number of ether oxygens (including phenoxy) is 1. The van der Waals surface area contributed by atoms with E-state index < -0.39 is 23.4 Å². The van der Waals surface area contributed by atoms with Gasteiger partial charge in [0.25, 0.3) is 11.6 Å². The van der Waals surface area contributed by atoms with Crippen molar-refractivity contribution in [2.24, 2.45) is 0 Å². The minimum Gasteiger partial charge on any atom is -0.508 e. The highest BCUT2D eigenvalue weighted by Gasteiger charge is 2.19. The Morgan fingerprint density at radius 3 is 2.47 bits per heavy atom. The first-order valence-corrected chi connectivity index (χ1v) is 9.73. The van der Waals surface area contributed by atoms with Crippen LogP contribution >= 0.6 is 11.6 Å². The molecule has 0 unspecified atom stereocenters. The monoisotopic (exact) mass is 455 g/mol. The highest BCUT2D eigenvalue weighted by atomic mass is 35.5. The Bertz CT molecular complexity index is 1150. The number of esters is 1. The van der Waals surface area contributed by atoms with Crippen LogP contribution in [0.4, 0.5) is 17.1 Å². The first-order valence-electron chi connectivity index (χ1n) is 9.35. The van der Waals surface area contributed by atoms with E-state index in [-0.39, 0.29) is 23.5 Å². The van der Waals surface area contributed by atoms with Crippen LogP contribution in [0, 0.1) is 10.1 Å². The number of carbonyl (C=O) groups is 2. The fraction of sp³-hybridized carbons (Fsp3) is 0.0909. The lowest BCUT2D eigenvalue weighted by atomic mass is 10.1. The molecule has 0 atom stereocenters. The van der Waals surface area contributed by atoms with E-state index in [1.54, 1.807) is 24.3 Å². The molecule has 0 fully saturated rings. The van der Waals surface area contributed by atoms with Gasteiger partial charge in [-0.05, 0) is 42.0 Å². The van der Waals surface area contributed by atoms with E-state index in [1.807, 2.05) is 0 Å². The maximum Gasteiger partial charge on any atom is 0.341 e. The average Bonchev–Trinajstić information content (AvgIpc) is 2.78. The molecule has 3 aromatic carbocycles. The van der Waals surface area contributed by atoms with E-state index in [2.05, 4.69) is 10.6 Å². The topological polar surface area (TPSA) is 131 Å². The molecule has 0 saturated carbocycles. The SMILES string of the molecule is O=C(COC(=O)c1cc([N+](=O)[O-])ccc1NCc1ccccc1Cl)Nc1ccc(O)cc1. The Morgan fingerprint density at radius 2 is 1.78 bits per heavy atom. The molecule has 3 aromatic rings. The second-order valence-electron chi connectivity index (χ2n) is 6.60. The van der Waals surface area contributed by atoms with E-state index >= 15 is 0 Å². The van der Waals surface area contributed by atoms with Crippen molar-refractivity contribution in [1.29, 1.82) is 0 Å². The molecule has 9 nitrogen and oxygen atoms in total. The number of aromatic hydroxyl groups is 1. The Labute approximate surface area is 187 Å². The van der Waals surface area contributed by atoms with Crippen molar-refractivity contribution in [3.8, 4) is 5.75 Å². The molecule has 1 amide bonds. The number of phenolic OH excluding ortho intramolecular Hbond substituents is 1. The predicted octanol–water partition coefficient (Wildman–Crippen LogP) is 4.36. The minimum absolute atomic E-state index is 0.0388. The zero-order valence-electron chi connectivity index (χ0n) is 16.6. The number of nitro benzene ring substituents is 1. The van der Waals surface area contributed by atoms with Gasteiger partial charge < -0.3 is 20.5 Å². The molecule has 3 N–H and O–H groups in total. The molecule has 0 saturated heterocycles. The summed E-state index contributed by atoms with van der Waals surface area (Å²) in [6.45, 7) is -0.342. The summed E-state index contributed by atoms with van der Waals surface area (Å²) < 4.78 is 5.05. The summed E-state index contributed by atoms with van der Waals surface area (Å²) in [5, 5.41) is 26.5. The van der Waals surface area contributed by atoms with Crippen molar-refractivity contribution in [2.75, 3.05) is 17.2 Å². The highest BCUT2D eigenvalue weighted by molar-refractivity contribution is 6.31. The Kier molecular flexibility index (Phi) is 7.25. The lowest BCUT2D eigenvalue weighted by Gasteiger charge is -2.13. The normalized spacial score (nSPS) is 10.3. The minimum atomic E-state index is -0.906.